The SMILES string of the molecule is NC[C@@H]1C[C@H](O)[C@@H](O)CO1. The Bertz CT molecular complexity index is 109. The fourth-order valence-electron chi connectivity index (χ4n) is 1.00. The molecule has 0 radical (unpaired) electrons. The number of ether oxygens (including phenoxy) is 1. The predicted molar refractivity (Wildman–Crippen MR) is 35.4 cm³/mol. The highest BCUT2D eigenvalue weighted by Gasteiger charge is 2.26. The van der Waals surface area contributed by atoms with Gasteiger partial charge in [-0.25, -0.2) is 0 Å². The van der Waals surface area contributed by atoms with Gasteiger partial charge in [-0.15, -0.1) is 0 Å². The molecule has 4 N–H and O–H groups in total. The lowest BCUT2D eigenvalue weighted by atomic mass is 10.0. The molecule has 1 saturated heterocycles. The van der Waals surface area contributed by atoms with E-state index in [1.165, 1.54) is 0 Å². The summed E-state index contributed by atoms with van der Waals surface area (Å²) < 4.78 is 5.07. The van der Waals surface area contributed by atoms with Gasteiger partial charge in [-0.05, 0) is 0 Å². The van der Waals surface area contributed by atoms with Crippen molar-refractivity contribution >= 4 is 0 Å². The Hall–Kier alpha value is -0.160. The molecular weight excluding hydrogens is 134 g/mol. The molecule has 0 spiro atoms. The average Bonchev–Trinajstić information content (AvgIpc) is 1.95. The summed E-state index contributed by atoms with van der Waals surface area (Å²) in [6.07, 6.45) is -1.04. The molecular formula is C6H13NO3. The fraction of sp³-hybridized carbons (Fsp3) is 1.00. The Labute approximate surface area is 59.6 Å². The van der Waals surface area contributed by atoms with E-state index in [4.69, 9.17) is 20.7 Å². The molecule has 0 saturated carbocycles. The molecule has 0 amide bonds. The Morgan fingerprint density at radius 2 is 2.10 bits per heavy atom. The highest BCUT2D eigenvalue weighted by atomic mass is 16.5. The van der Waals surface area contributed by atoms with Crippen molar-refractivity contribution in [3.63, 3.8) is 0 Å². The van der Waals surface area contributed by atoms with Gasteiger partial charge >= 0.3 is 0 Å². The van der Waals surface area contributed by atoms with Gasteiger partial charge in [0.25, 0.3) is 0 Å². The van der Waals surface area contributed by atoms with Crippen LogP contribution in [0.4, 0.5) is 0 Å². The molecule has 3 atom stereocenters. The molecule has 4 nitrogen and oxygen atoms in total. The number of hydrogen-bond acceptors (Lipinski definition) is 4. The summed E-state index contributed by atoms with van der Waals surface area (Å²) in [7, 11) is 0. The first-order valence-electron chi connectivity index (χ1n) is 3.42. The maximum Gasteiger partial charge on any atom is 0.103 e. The molecule has 1 fully saturated rings. The van der Waals surface area contributed by atoms with Gasteiger partial charge in [0.2, 0.25) is 0 Å². The molecule has 1 heterocycles. The zero-order chi connectivity index (χ0) is 7.56. The lowest BCUT2D eigenvalue weighted by molar-refractivity contribution is -0.117. The Morgan fingerprint density at radius 1 is 1.40 bits per heavy atom. The number of aliphatic hydroxyl groups is 2. The van der Waals surface area contributed by atoms with E-state index < -0.39 is 12.2 Å². The minimum Gasteiger partial charge on any atom is -0.390 e. The van der Waals surface area contributed by atoms with Crippen molar-refractivity contribution in [2.45, 2.75) is 24.7 Å². The molecule has 0 bridgehead atoms. The largest absolute Gasteiger partial charge is 0.390 e. The first-order valence-corrected chi connectivity index (χ1v) is 3.42. The Kier molecular flexibility index (Phi) is 2.62. The van der Waals surface area contributed by atoms with Crippen LogP contribution in [0.25, 0.3) is 0 Å². The highest BCUT2D eigenvalue weighted by molar-refractivity contribution is 4.77. The molecule has 0 aromatic heterocycles. The van der Waals surface area contributed by atoms with Gasteiger partial charge < -0.3 is 20.7 Å². The second-order valence-electron chi connectivity index (χ2n) is 2.56. The third kappa shape index (κ3) is 1.67. The smallest absolute Gasteiger partial charge is 0.103 e. The average molecular weight is 147 g/mol. The minimum atomic E-state index is -0.734. The van der Waals surface area contributed by atoms with Crippen LogP contribution in [0, 0.1) is 0 Å². The van der Waals surface area contributed by atoms with E-state index in [0.717, 1.165) is 0 Å². The predicted octanol–water partition coefficient (Wildman–Crippen LogP) is -1.54. The van der Waals surface area contributed by atoms with Gasteiger partial charge in [0.05, 0.1) is 18.8 Å². The number of rotatable bonds is 1. The van der Waals surface area contributed by atoms with E-state index in [2.05, 4.69) is 0 Å². The quantitative estimate of drug-likeness (QED) is 0.420. The minimum absolute atomic E-state index is 0.0848. The summed E-state index contributed by atoms with van der Waals surface area (Å²) in [5.41, 5.74) is 5.29. The topological polar surface area (TPSA) is 75.7 Å². The van der Waals surface area contributed by atoms with Crippen LogP contribution in [0.2, 0.25) is 0 Å². The van der Waals surface area contributed by atoms with E-state index in [1.807, 2.05) is 0 Å². The van der Waals surface area contributed by atoms with Crippen LogP contribution < -0.4 is 5.73 Å². The molecule has 1 aliphatic heterocycles. The van der Waals surface area contributed by atoms with Crippen molar-refractivity contribution < 1.29 is 14.9 Å². The van der Waals surface area contributed by atoms with Gasteiger partial charge in [0.1, 0.15) is 6.10 Å². The Morgan fingerprint density at radius 3 is 2.60 bits per heavy atom. The van der Waals surface area contributed by atoms with Crippen molar-refractivity contribution in [1.82, 2.24) is 0 Å². The maximum absolute atomic E-state index is 9.09. The van der Waals surface area contributed by atoms with Crippen LogP contribution in [-0.4, -0.2) is 41.7 Å². The van der Waals surface area contributed by atoms with Crippen LogP contribution in [-0.2, 0) is 4.74 Å². The van der Waals surface area contributed by atoms with Crippen molar-refractivity contribution in [3.05, 3.63) is 0 Å². The molecule has 10 heavy (non-hydrogen) atoms. The third-order valence-electron chi connectivity index (χ3n) is 1.71. The molecule has 1 aliphatic rings. The van der Waals surface area contributed by atoms with E-state index in [-0.39, 0.29) is 12.7 Å². The number of nitrogens with two attached hydrogens (primary N) is 1. The zero-order valence-electron chi connectivity index (χ0n) is 5.73. The third-order valence-corrected chi connectivity index (χ3v) is 1.71. The molecule has 0 unspecified atom stereocenters. The molecule has 4 heteroatoms. The lowest BCUT2D eigenvalue weighted by Crippen LogP contribution is -2.43. The summed E-state index contributed by atoms with van der Waals surface area (Å²) in [5.74, 6) is 0. The Balaban J connectivity index is 2.33. The van der Waals surface area contributed by atoms with Crippen LogP contribution in [0.3, 0.4) is 0 Å². The molecule has 0 aromatic rings. The first-order chi connectivity index (χ1) is 4.74. The van der Waals surface area contributed by atoms with E-state index in [1.54, 1.807) is 0 Å². The standard InChI is InChI=1S/C6H13NO3/c7-2-4-1-5(8)6(9)3-10-4/h4-6,8-9H,1-3,7H2/t4-,5-,6-/m0/s1. The summed E-state index contributed by atoms with van der Waals surface area (Å²) in [6, 6.07) is 0. The van der Waals surface area contributed by atoms with Crippen LogP contribution >= 0.6 is 0 Å². The zero-order valence-corrected chi connectivity index (χ0v) is 5.73. The van der Waals surface area contributed by atoms with E-state index in [9.17, 15) is 0 Å². The van der Waals surface area contributed by atoms with Crippen molar-refractivity contribution in [1.29, 1.82) is 0 Å². The van der Waals surface area contributed by atoms with Crippen LogP contribution in [0.15, 0.2) is 0 Å². The summed E-state index contributed by atoms with van der Waals surface area (Å²) >= 11 is 0. The molecule has 60 valence electrons. The molecule has 1 rings (SSSR count). The number of aliphatic hydroxyl groups excluding tert-OH is 2. The van der Waals surface area contributed by atoms with E-state index >= 15 is 0 Å². The monoisotopic (exact) mass is 147 g/mol. The lowest BCUT2D eigenvalue weighted by Gasteiger charge is -2.29. The fourth-order valence-corrected chi connectivity index (χ4v) is 1.00. The van der Waals surface area contributed by atoms with Gasteiger partial charge in [0, 0.05) is 13.0 Å². The normalized spacial score (nSPS) is 41.7. The van der Waals surface area contributed by atoms with Crippen LogP contribution in [0.1, 0.15) is 6.42 Å². The highest BCUT2D eigenvalue weighted by Crippen LogP contribution is 2.12. The second-order valence-corrected chi connectivity index (χ2v) is 2.56. The summed E-state index contributed by atoms with van der Waals surface area (Å²) in [4.78, 5) is 0. The van der Waals surface area contributed by atoms with Crippen molar-refractivity contribution in [3.8, 4) is 0 Å². The molecule has 0 aliphatic carbocycles. The number of hydrogen-bond donors (Lipinski definition) is 3. The second kappa shape index (κ2) is 3.30. The maximum atomic E-state index is 9.09. The van der Waals surface area contributed by atoms with Crippen molar-refractivity contribution in [2.24, 2.45) is 5.73 Å². The molecule has 0 aromatic carbocycles. The first kappa shape index (κ1) is 7.94. The van der Waals surface area contributed by atoms with Gasteiger partial charge in [-0.2, -0.15) is 0 Å². The van der Waals surface area contributed by atoms with Gasteiger partial charge in [0.15, 0.2) is 0 Å². The van der Waals surface area contributed by atoms with Gasteiger partial charge in [-0.3, -0.25) is 0 Å². The summed E-state index contributed by atoms with van der Waals surface area (Å²) in [6.45, 7) is 0.604. The summed E-state index contributed by atoms with van der Waals surface area (Å²) in [5, 5.41) is 18.1. The van der Waals surface area contributed by atoms with E-state index in [0.29, 0.717) is 13.0 Å². The van der Waals surface area contributed by atoms with Crippen molar-refractivity contribution in [2.75, 3.05) is 13.2 Å². The van der Waals surface area contributed by atoms with Gasteiger partial charge in [-0.1, -0.05) is 0 Å². The van der Waals surface area contributed by atoms with Crippen LogP contribution in [0.5, 0.6) is 0 Å².